The molecule has 0 amide bonds. The van der Waals surface area contributed by atoms with Crippen LogP contribution in [-0.2, 0) is 19.5 Å². The molecule has 1 fully saturated rings. The molecule has 1 aromatic rings. The Labute approximate surface area is 165 Å². The van der Waals surface area contributed by atoms with Crippen molar-refractivity contribution in [2.45, 2.75) is 17.7 Å². The number of carbonyl (C=O) groups is 2. The zero-order valence-corrected chi connectivity index (χ0v) is 17.2. The molecule has 152 valence electrons. The van der Waals surface area contributed by atoms with Crippen LogP contribution >= 0.6 is 12.4 Å². The van der Waals surface area contributed by atoms with Gasteiger partial charge in [-0.3, -0.25) is 0 Å². The number of hydrogen-bond acceptors (Lipinski definition) is 7. The zero-order valence-electron chi connectivity index (χ0n) is 15.6. The molecule has 0 radical (unpaired) electrons. The molecule has 1 aromatic carbocycles. The van der Waals surface area contributed by atoms with E-state index in [-0.39, 0.29) is 34.3 Å². The number of esters is 2. The number of nitrogens with one attached hydrogen (secondary N) is 1. The summed E-state index contributed by atoms with van der Waals surface area (Å²) in [6.07, 6.45) is 1.66. The topological polar surface area (TPSA) is 102 Å². The lowest BCUT2D eigenvalue weighted by Gasteiger charge is -2.32. The minimum absolute atomic E-state index is 0. The van der Waals surface area contributed by atoms with Gasteiger partial charge in [-0.25, -0.2) is 18.0 Å². The summed E-state index contributed by atoms with van der Waals surface area (Å²) in [7, 11) is 0.239. The van der Waals surface area contributed by atoms with E-state index in [1.807, 2.05) is 7.05 Å². The number of rotatable bonds is 6. The highest BCUT2D eigenvalue weighted by molar-refractivity contribution is 7.89. The fourth-order valence-corrected chi connectivity index (χ4v) is 4.86. The van der Waals surface area contributed by atoms with Gasteiger partial charge >= 0.3 is 11.9 Å². The van der Waals surface area contributed by atoms with E-state index >= 15 is 0 Å². The van der Waals surface area contributed by atoms with Crippen LogP contribution < -0.4 is 5.32 Å². The molecule has 0 spiro atoms. The Morgan fingerprint density at radius 3 is 2.48 bits per heavy atom. The van der Waals surface area contributed by atoms with Gasteiger partial charge in [0.15, 0.2) is 0 Å². The molecule has 1 unspecified atom stereocenters. The minimum atomic E-state index is -3.97. The van der Waals surface area contributed by atoms with Crippen molar-refractivity contribution in [3.8, 4) is 0 Å². The van der Waals surface area contributed by atoms with Gasteiger partial charge in [0.1, 0.15) is 0 Å². The first-order chi connectivity index (χ1) is 12.3. The molecule has 10 heteroatoms. The van der Waals surface area contributed by atoms with Crippen molar-refractivity contribution < 1.29 is 27.5 Å². The highest BCUT2D eigenvalue weighted by atomic mass is 35.5. The molecule has 1 heterocycles. The summed E-state index contributed by atoms with van der Waals surface area (Å²) in [6, 6.07) is 3.80. The van der Waals surface area contributed by atoms with E-state index < -0.39 is 22.0 Å². The molecule has 1 aliphatic rings. The second kappa shape index (κ2) is 10.0. The molecule has 27 heavy (non-hydrogen) atoms. The summed E-state index contributed by atoms with van der Waals surface area (Å²) >= 11 is 0. The second-order valence-corrected chi connectivity index (χ2v) is 8.03. The third-order valence-corrected chi connectivity index (χ3v) is 6.31. The van der Waals surface area contributed by atoms with Crippen molar-refractivity contribution in [1.29, 1.82) is 0 Å². The highest BCUT2D eigenvalue weighted by Crippen LogP contribution is 2.27. The largest absolute Gasteiger partial charge is 0.465 e. The van der Waals surface area contributed by atoms with Crippen molar-refractivity contribution in [2.24, 2.45) is 5.92 Å². The third kappa shape index (κ3) is 5.19. The van der Waals surface area contributed by atoms with Crippen LogP contribution in [0.2, 0.25) is 0 Å². The van der Waals surface area contributed by atoms with Crippen molar-refractivity contribution in [3.63, 3.8) is 0 Å². The van der Waals surface area contributed by atoms with Crippen molar-refractivity contribution >= 4 is 34.4 Å². The van der Waals surface area contributed by atoms with Gasteiger partial charge in [0.05, 0.1) is 30.2 Å². The third-order valence-electron chi connectivity index (χ3n) is 4.40. The van der Waals surface area contributed by atoms with Crippen molar-refractivity contribution in [1.82, 2.24) is 9.62 Å². The fraction of sp³-hybridized carbons (Fsp3) is 0.529. The van der Waals surface area contributed by atoms with Crippen LogP contribution in [0.1, 0.15) is 33.6 Å². The summed E-state index contributed by atoms with van der Waals surface area (Å²) < 4.78 is 37.1. The minimum Gasteiger partial charge on any atom is -0.465 e. The fourth-order valence-electron chi connectivity index (χ4n) is 3.10. The lowest BCUT2D eigenvalue weighted by Crippen LogP contribution is -2.42. The normalized spacial score (nSPS) is 17.7. The Bertz CT molecular complexity index is 782. The summed E-state index contributed by atoms with van der Waals surface area (Å²) in [5.41, 5.74) is -0.0431. The van der Waals surface area contributed by atoms with Crippen LogP contribution in [0, 0.1) is 5.92 Å². The van der Waals surface area contributed by atoms with Gasteiger partial charge in [0.2, 0.25) is 10.0 Å². The van der Waals surface area contributed by atoms with Gasteiger partial charge in [0, 0.05) is 13.1 Å². The molecule has 0 saturated carbocycles. The standard InChI is InChI=1S/C17H24N2O6S.ClH/c1-18-10-12-5-4-8-19(11-12)26(22,23)15-9-13(16(20)24-2)6-7-14(15)17(21)25-3;/h6-7,9,12,18H,4-5,8,10-11H2,1-3H3;1H. The van der Waals surface area contributed by atoms with E-state index in [9.17, 15) is 18.0 Å². The monoisotopic (exact) mass is 420 g/mol. The summed E-state index contributed by atoms with van der Waals surface area (Å²) in [6.45, 7) is 1.43. The molecule has 1 saturated heterocycles. The zero-order chi connectivity index (χ0) is 19.3. The number of nitrogens with zero attached hydrogens (tertiary/aromatic N) is 1. The van der Waals surface area contributed by atoms with E-state index in [1.54, 1.807) is 0 Å². The van der Waals surface area contributed by atoms with Crippen LogP contribution in [0.5, 0.6) is 0 Å². The number of halogens is 1. The van der Waals surface area contributed by atoms with E-state index in [0.717, 1.165) is 12.8 Å². The van der Waals surface area contributed by atoms with Crippen LogP contribution in [0.3, 0.4) is 0 Å². The molecule has 0 bridgehead atoms. The molecule has 0 aliphatic carbocycles. The molecule has 1 aliphatic heterocycles. The average molecular weight is 421 g/mol. The van der Waals surface area contributed by atoms with Crippen molar-refractivity contribution in [2.75, 3.05) is 40.9 Å². The van der Waals surface area contributed by atoms with Gasteiger partial charge in [0.25, 0.3) is 0 Å². The Hall–Kier alpha value is -1.68. The van der Waals surface area contributed by atoms with Gasteiger partial charge in [-0.2, -0.15) is 4.31 Å². The summed E-state index contributed by atoms with van der Waals surface area (Å²) in [5.74, 6) is -1.26. The maximum Gasteiger partial charge on any atom is 0.339 e. The first-order valence-electron chi connectivity index (χ1n) is 8.30. The van der Waals surface area contributed by atoms with E-state index in [1.165, 1.54) is 36.7 Å². The average Bonchev–Trinajstić information content (AvgIpc) is 2.66. The highest BCUT2D eigenvalue weighted by Gasteiger charge is 2.33. The number of hydrogen-bond donors (Lipinski definition) is 1. The first-order valence-corrected chi connectivity index (χ1v) is 9.74. The number of methoxy groups -OCH3 is 2. The predicted molar refractivity (Wildman–Crippen MR) is 102 cm³/mol. The van der Waals surface area contributed by atoms with Crippen LogP contribution in [0.15, 0.2) is 23.1 Å². The van der Waals surface area contributed by atoms with E-state index in [2.05, 4.69) is 10.1 Å². The lowest BCUT2D eigenvalue weighted by atomic mass is 10.00. The van der Waals surface area contributed by atoms with E-state index in [0.29, 0.717) is 19.6 Å². The van der Waals surface area contributed by atoms with Gasteiger partial charge in [-0.1, -0.05) is 0 Å². The number of piperidine rings is 1. The molecular formula is C17H25ClN2O6S. The smallest absolute Gasteiger partial charge is 0.339 e. The summed E-state index contributed by atoms with van der Waals surface area (Å²) in [5, 5.41) is 3.06. The Kier molecular flexibility index (Phi) is 8.67. The van der Waals surface area contributed by atoms with Crippen LogP contribution in [0.25, 0.3) is 0 Å². The molecule has 1 atom stereocenters. The Balaban J connectivity index is 0.00000364. The van der Waals surface area contributed by atoms with Gasteiger partial charge in [-0.05, 0) is 50.6 Å². The Morgan fingerprint density at radius 2 is 1.89 bits per heavy atom. The summed E-state index contributed by atoms with van der Waals surface area (Å²) in [4.78, 5) is 23.6. The predicted octanol–water partition coefficient (Wildman–Crippen LogP) is 1.30. The Morgan fingerprint density at radius 1 is 1.22 bits per heavy atom. The second-order valence-electron chi connectivity index (χ2n) is 6.12. The molecule has 1 N–H and O–H groups in total. The lowest BCUT2D eigenvalue weighted by molar-refractivity contribution is 0.0583. The number of carbonyl (C=O) groups excluding carboxylic acids is 2. The van der Waals surface area contributed by atoms with Crippen molar-refractivity contribution in [3.05, 3.63) is 29.3 Å². The first kappa shape index (κ1) is 23.4. The quantitative estimate of drug-likeness (QED) is 0.692. The van der Waals surface area contributed by atoms with Gasteiger partial charge < -0.3 is 14.8 Å². The van der Waals surface area contributed by atoms with Crippen LogP contribution in [0.4, 0.5) is 0 Å². The van der Waals surface area contributed by atoms with Gasteiger partial charge in [-0.15, -0.1) is 12.4 Å². The molecular weight excluding hydrogens is 396 g/mol. The van der Waals surface area contributed by atoms with E-state index in [4.69, 9.17) is 4.74 Å². The number of sulfonamides is 1. The maximum absolute atomic E-state index is 13.2. The SMILES string of the molecule is CNCC1CCCN(S(=O)(=O)c2cc(C(=O)OC)ccc2C(=O)OC)C1.Cl. The molecule has 2 rings (SSSR count). The van der Waals surface area contributed by atoms with Crippen LogP contribution in [-0.4, -0.2) is 65.6 Å². The molecule has 0 aromatic heterocycles. The number of ether oxygens (including phenoxy) is 2. The maximum atomic E-state index is 13.2. The molecule has 8 nitrogen and oxygen atoms in total. The number of benzene rings is 1.